The summed E-state index contributed by atoms with van der Waals surface area (Å²) in [6.07, 6.45) is 6.23. The summed E-state index contributed by atoms with van der Waals surface area (Å²) in [6, 6.07) is 0.415. The van der Waals surface area contributed by atoms with Crippen LogP contribution >= 0.6 is 0 Å². The maximum Gasteiger partial charge on any atom is 0.255 e. The van der Waals surface area contributed by atoms with Crippen LogP contribution in [0.25, 0.3) is 5.76 Å². The predicted molar refractivity (Wildman–Crippen MR) is 152 cm³/mol. The lowest BCUT2D eigenvalue weighted by atomic mass is 9.57. The average molecular weight is 586 g/mol. The number of halogens is 1. The van der Waals surface area contributed by atoms with Gasteiger partial charge in [0.05, 0.1) is 11.6 Å². The van der Waals surface area contributed by atoms with Crippen molar-refractivity contribution in [2.45, 2.75) is 82.5 Å². The summed E-state index contributed by atoms with van der Waals surface area (Å²) in [6.45, 7) is 3.14. The van der Waals surface area contributed by atoms with Gasteiger partial charge in [0, 0.05) is 35.2 Å². The maximum absolute atomic E-state index is 16.2. The molecule has 0 bridgehead atoms. The Kier molecular flexibility index (Phi) is 7.97. The number of benzene rings is 1. The molecule has 4 atom stereocenters. The molecule has 0 unspecified atom stereocenters. The van der Waals surface area contributed by atoms with Crippen molar-refractivity contribution in [3.63, 3.8) is 0 Å². The van der Waals surface area contributed by atoms with Crippen molar-refractivity contribution in [2.24, 2.45) is 17.6 Å². The second-order valence-electron chi connectivity index (χ2n) is 12.4. The van der Waals surface area contributed by atoms with Gasteiger partial charge in [-0.3, -0.25) is 24.2 Å². The number of aliphatic hydroxyl groups is 3. The fourth-order valence-electron chi connectivity index (χ4n) is 7.80. The largest absolute Gasteiger partial charge is 0.508 e. The van der Waals surface area contributed by atoms with Crippen LogP contribution in [-0.4, -0.2) is 86.0 Å². The number of carbonyl (C=O) groups excluding carboxylic acids is 3. The van der Waals surface area contributed by atoms with E-state index < -0.39 is 69.6 Å². The Bertz CT molecular complexity index is 1400. The summed E-state index contributed by atoms with van der Waals surface area (Å²) >= 11 is 0. The van der Waals surface area contributed by atoms with E-state index >= 15 is 4.39 Å². The monoisotopic (exact) mass is 585 g/mol. The zero-order valence-electron chi connectivity index (χ0n) is 24.3. The zero-order chi connectivity index (χ0) is 30.7. The molecule has 42 heavy (non-hydrogen) atoms. The Balaban J connectivity index is 1.60. The maximum atomic E-state index is 16.2. The molecule has 0 aliphatic heterocycles. The van der Waals surface area contributed by atoms with Crippen LogP contribution in [0.4, 0.5) is 4.39 Å². The zero-order valence-corrected chi connectivity index (χ0v) is 24.3. The van der Waals surface area contributed by atoms with E-state index in [0.29, 0.717) is 18.2 Å². The van der Waals surface area contributed by atoms with Crippen molar-refractivity contribution in [1.29, 1.82) is 0 Å². The molecule has 0 spiro atoms. The number of hydrogen-bond donors (Lipinski definition) is 5. The second kappa shape index (κ2) is 11.1. The minimum Gasteiger partial charge on any atom is -0.508 e. The summed E-state index contributed by atoms with van der Waals surface area (Å²) in [5.41, 5.74) is 1.60. The number of fused-ring (bicyclic) bond motifs is 3. The SMILES string of the molecule is CCCN(Cc1cc(O)c2c(c1F)C[C@H]1C[C@H]3[C@H](N(C)C)C(=O)C(C(N)=O)=C(O)[C@@]3(O)C(=O)C1=C2O)C1CCCCC1. The summed E-state index contributed by atoms with van der Waals surface area (Å²) in [5, 5.41) is 45.0. The Morgan fingerprint density at radius 2 is 1.81 bits per heavy atom. The van der Waals surface area contributed by atoms with Gasteiger partial charge in [-0.15, -0.1) is 0 Å². The van der Waals surface area contributed by atoms with Crippen molar-refractivity contribution in [2.75, 3.05) is 20.6 Å². The molecule has 4 aliphatic carbocycles. The summed E-state index contributed by atoms with van der Waals surface area (Å²) in [7, 11) is 3.07. The normalized spacial score (nSPS) is 28.3. The molecular formula is C31H40FN3O7. The van der Waals surface area contributed by atoms with E-state index in [1.165, 1.54) is 31.5 Å². The molecule has 0 heterocycles. The second-order valence-corrected chi connectivity index (χ2v) is 12.4. The van der Waals surface area contributed by atoms with E-state index in [9.17, 15) is 34.8 Å². The molecule has 0 aromatic heterocycles. The molecule has 2 fully saturated rings. The first-order valence-corrected chi connectivity index (χ1v) is 14.8. The minimum absolute atomic E-state index is 0.0655. The summed E-state index contributed by atoms with van der Waals surface area (Å²) in [4.78, 5) is 42.9. The number of nitrogens with two attached hydrogens (primary N) is 1. The lowest BCUT2D eigenvalue weighted by Crippen LogP contribution is -2.65. The summed E-state index contributed by atoms with van der Waals surface area (Å²) < 4.78 is 16.2. The molecule has 2 saturated carbocycles. The van der Waals surface area contributed by atoms with Crippen LogP contribution in [-0.2, 0) is 27.3 Å². The fraction of sp³-hybridized carbons (Fsp3) is 0.581. The highest BCUT2D eigenvalue weighted by atomic mass is 19.1. The van der Waals surface area contributed by atoms with Crippen molar-refractivity contribution in [1.82, 2.24) is 9.80 Å². The van der Waals surface area contributed by atoms with Crippen LogP contribution in [0.15, 0.2) is 23.0 Å². The van der Waals surface area contributed by atoms with Crippen LogP contribution in [0, 0.1) is 17.7 Å². The first kappa shape index (κ1) is 30.2. The number of carbonyl (C=O) groups is 3. The third-order valence-electron chi connectivity index (χ3n) is 9.70. The predicted octanol–water partition coefficient (Wildman–Crippen LogP) is 2.65. The number of aliphatic hydroxyl groups excluding tert-OH is 2. The number of primary amides is 1. The van der Waals surface area contributed by atoms with Gasteiger partial charge in [-0.25, -0.2) is 4.39 Å². The molecule has 0 saturated heterocycles. The van der Waals surface area contributed by atoms with Gasteiger partial charge < -0.3 is 26.2 Å². The molecule has 1 aromatic rings. The number of amides is 1. The number of hydrogen-bond acceptors (Lipinski definition) is 9. The lowest BCUT2D eigenvalue weighted by Gasteiger charge is -2.50. The number of rotatable bonds is 7. The first-order valence-electron chi connectivity index (χ1n) is 14.8. The quantitative estimate of drug-likeness (QED) is 0.303. The van der Waals surface area contributed by atoms with Crippen LogP contribution in [0.1, 0.15) is 68.6 Å². The van der Waals surface area contributed by atoms with E-state index in [2.05, 4.69) is 11.8 Å². The molecular weight excluding hydrogens is 545 g/mol. The Morgan fingerprint density at radius 3 is 2.40 bits per heavy atom. The van der Waals surface area contributed by atoms with Crippen LogP contribution in [0.3, 0.4) is 0 Å². The molecule has 228 valence electrons. The van der Waals surface area contributed by atoms with E-state index in [4.69, 9.17) is 5.73 Å². The summed E-state index contributed by atoms with van der Waals surface area (Å²) in [5.74, 6) is -8.06. The van der Waals surface area contributed by atoms with Gasteiger partial charge in [0.2, 0.25) is 5.78 Å². The van der Waals surface area contributed by atoms with Gasteiger partial charge in [-0.05, 0) is 64.7 Å². The number of Topliss-reactive ketones (excluding diaryl/α,β-unsaturated/α-hetero) is 2. The van der Waals surface area contributed by atoms with E-state index in [1.807, 2.05) is 0 Å². The van der Waals surface area contributed by atoms with Gasteiger partial charge in [0.15, 0.2) is 11.4 Å². The highest BCUT2D eigenvalue weighted by Gasteiger charge is 2.64. The van der Waals surface area contributed by atoms with Gasteiger partial charge in [-0.2, -0.15) is 0 Å². The van der Waals surface area contributed by atoms with Crippen molar-refractivity contribution >= 4 is 23.2 Å². The van der Waals surface area contributed by atoms with Crippen molar-refractivity contribution in [3.05, 3.63) is 45.5 Å². The Morgan fingerprint density at radius 1 is 1.14 bits per heavy atom. The van der Waals surface area contributed by atoms with Crippen LogP contribution in [0.5, 0.6) is 5.75 Å². The molecule has 4 aliphatic rings. The van der Waals surface area contributed by atoms with Gasteiger partial charge in [0.1, 0.15) is 28.7 Å². The Labute approximate surface area is 244 Å². The van der Waals surface area contributed by atoms with Crippen molar-refractivity contribution < 1.29 is 39.2 Å². The molecule has 5 rings (SSSR count). The molecule has 1 amide bonds. The van der Waals surface area contributed by atoms with Gasteiger partial charge in [0.25, 0.3) is 5.91 Å². The molecule has 6 N–H and O–H groups in total. The number of phenols is 1. The number of phenolic OH excluding ortho intramolecular Hbond substituents is 1. The fourth-order valence-corrected chi connectivity index (χ4v) is 7.80. The third kappa shape index (κ3) is 4.53. The number of ketones is 2. The number of aromatic hydroxyl groups is 1. The third-order valence-corrected chi connectivity index (χ3v) is 9.70. The average Bonchev–Trinajstić information content (AvgIpc) is 2.93. The number of nitrogens with zero attached hydrogens (tertiary/aromatic N) is 2. The topological polar surface area (TPSA) is 165 Å². The van der Waals surface area contributed by atoms with E-state index in [1.54, 1.807) is 0 Å². The Hall–Kier alpha value is -3.28. The highest BCUT2D eigenvalue weighted by molar-refractivity contribution is 6.24. The lowest BCUT2D eigenvalue weighted by molar-refractivity contribution is -0.153. The van der Waals surface area contributed by atoms with Crippen molar-refractivity contribution in [3.8, 4) is 5.75 Å². The highest BCUT2D eigenvalue weighted by Crippen LogP contribution is 2.53. The molecule has 11 heteroatoms. The van der Waals surface area contributed by atoms with Gasteiger partial charge >= 0.3 is 0 Å². The first-order chi connectivity index (χ1) is 19.8. The minimum atomic E-state index is -2.72. The van der Waals surface area contributed by atoms with E-state index in [-0.39, 0.29) is 29.5 Å². The standard InChI is InChI=1S/C31H40FN3O7/c1-4-10-35(17-8-6-5-7-9-17)14-16-13-20(36)22-18(24(16)32)11-15-12-19-25(34(2)3)27(38)23(30(33)41)29(40)31(19,42)28(39)21(15)26(22)37/h13,15,17,19,25,36-37,40,42H,4-12,14H2,1-3H3,(H2,33,41)/t15-,19-,25-,31-/m0/s1. The van der Waals surface area contributed by atoms with Crippen LogP contribution < -0.4 is 5.73 Å². The molecule has 10 nitrogen and oxygen atoms in total. The number of likely N-dealkylation sites (N-methyl/N-ethyl adjacent to an activating group) is 1. The smallest absolute Gasteiger partial charge is 0.255 e. The van der Waals surface area contributed by atoms with Gasteiger partial charge in [-0.1, -0.05) is 26.2 Å². The molecule has 0 radical (unpaired) electrons. The molecule has 1 aromatic carbocycles. The van der Waals surface area contributed by atoms with E-state index in [0.717, 1.165) is 38.6 Å². The van der Waals surface area contributed by atoms with Crippen LogP contribution in [0.2, 0.25) is 0 Å².